The van der Waals surface area contributed by atoms with Gasteiger partial charge in [-0.1, -0.05) is 0 Å². The smallest absolute Gasteiger partial charge is 0.253 e. The molecule has 1 saturated carbocycles. The average molecular weight is 313 g/mol. The Kier molecular flexibility index (Phi) is 4.32. The van der Waals surface area contributed by atoms with Crippen molar-refractivity contribution >= 4 is 17.3 Å². The maximum Gasteiger partial charge on any atom is 0.253 e. The van der Waals surface area contributed by atoms with Crippen LogP contribution in [0.5, 0.6) is 11.5 Å². The molecule has 1 aromatic heterocycles. The van der Waals surface area contributed by atoms with Crippen LogP contribution in [0.2, 0.25) is 0 Å². The number of nitrogens with one attached hydrogen (secondary N) is 2. The Bertz CT molecular complexity index is 714. The lowest BCUT2D eigenvalue weighted by Crippen LogP contribution is -2.25. The predicted octanol–water partition coefficient (Wildman–Crippen LogP) is 2.73. The van der Waals surface area contributed by atoms with Gasteiger partial charge in [0.15, 0.2) is 11.5 Å². The summed E-state index contributed by atoms with van der Waals surface area (Å²) in [5, 5.41) is 6.17. The van der Waals surface area contributed by atoms with Crippen molar-refractivity contribution in [2.45, 2.75) is 18.9 Å². The fourth-order valence-corrected chi connectivity index (χ4v) is 2.21. The molecule has 0 saturated heterocycles. The standard InChI is InChI=1S/C17H19N3O3/c1-22-15-6-5-13(8-16(15)23-2)19-14-7-11(9-18-10-14)17(21)20-12-3-4-12/h5-10,12,19H,3-4H2,1-2H3,(H,20,21). The highest BCUT2D eigenvalue weighted by molar-refractivity contribution is 5.95. The second kappa shape index (κ2) is 6.56. The minimum Gasteiger partial charge on any atom is -0.493 e. The second-order valence-corrected chi connectivity index (χ2v) is 5.40. The molecule has 6 heteroatoms. The molecule has 1 aromatic carbocycles. The molecule has 6 nitrogen and oxygen atoms in total. The molecular weight excluding hydrogens is 294 g/mol. The third-order valence-electron chi connectivity index (χ3n) is 3.59. The summed E-state index contributed by atoms with van der Waals surface area (Å²) in [5.41, 5.74) is 2.10. The third-order valence-corrected chi connectivity index (χ3v) is 3.59. The van der Waals surface area contributed by atoms with Crippen molar-refractivity contribution in [1.82, 2.24) is 10.3 Å². The first-order valence-electron chi connectivity index (χ1n) is 7.44. The molecule has 1 aliphatic rings. The number of pyridine rings is 1. The van der Waals surface area contributed by atoms with E-state index in [-0.39, 0.29) is 5.91 Å². The van der Waals surface area contributed by atoms with Gasteiger partial charge in [0.05, 0.1) is 31.7 Å². The number of aromatic nitrogens is 1. The molecule has 1 fully saturated rings. The Hall–Kier alpha value is -2.76. The summed E-state index contributed by atoms with van der Waals surface area (Å²) in [6.07, 6.45) is 5.35. The fraction of sp³-hybridized carbons (Fsp3) is 0.294. The van der Waals surface area contributed by atoms with Crippen LogP contribution in [0.3, 0.4) is 0 Å². The van der Waals surface area contributed by atoms with E-state index in [2.05, 4.69) is 15.6 Å². The van der Waals surface area contributed by atoms with Crippen LogP contribution >= 0.6 is 0 Å². The van der Waals surface area contributed by atoms with Gasteiger partial charge in [-0.05, 0) is 31.0 Å². The van der Waals surface area contributed by atoms with Crippen molar-refractivity contribution in [3.05, 3.63) is 42.2 Å². The summed E-state index contributed by atoms with van der Waals surface area (Å²) in [6, 6.07) is 7.62. The number of hydrogen-bond donors (Lipinski definition) is 2. The average Bonchev–Trinajstić information content (AvgIpc) is 3.39. The Morgan fingerprint density at radius 2 is 1.87 bits per heavy atom. The second-order valence-electron chi connectivity index (χ2n) is 5.40. The summed E-state index contributed by atoms with van der Waals surface area (Å²) in [5.74, 6) is 1.21. The number of benzene rings is 1. The lowest BCUT2D eigenvalue weighted by atomic mass is 10.2. The lowest BCUT2D eigenvalue weighted by molar-refractivity contribution is 0.0950. The first kappa shape index (κ1) is 15.1. The van der Waals surface area contributed by atoms with Gasteiger partial charge >= 0.3 is 0 Å². The number of anilines is 2. The van der Waals surface area contributed by atoms with Crippen LogP contribution in [0.1, 0.15) is 23.2 Å². The van der Waals surface area contributed by atoms with Crippen LogP contribution < -0.4 is 20.1 Å². The molecule has 0 unspecified atom stereocenters. The molecule has 23 heavy (non-hydrogen) atoms. The highest BCUT2D eigenvalue weighted by atomic mass is 16.5. The number of ether oxygens (including phenoxy) is 2. The van der Waals surface area contributed by atoms with Gasteiger partial charge in [0, 0.05) is 24.0 Å². The molecule has 1 amide bonds. The van der Waals surface area contributed by atoms with Gasteiger partial charge < -0.3 is 20.1 Å². The van der Waals surface area contributed by atoms with E-state index < -0.39 is 0 Å². The molecule has 0 radical (unpaired) electrons. The number of carbonyl (C=O) groups excluding carboxylic acids is 1. The SMILES string of the molecule is COc1ccc(Nc2cncc(C(=O)NC3CC3)c2)cc1OC. The molecule has 0 atom stereocenters. The topological polar surface area (TPSA) is 72.5 Å². The van der Waals surface area contributed by atoms with Crippen LogP contribution in [0.25, 0.3) is 0 Å². The maximum atomic E-state index is 12.1. The number of hydrogen-bond acceptors (Lipinski definition) is 5. The van der Waals surface area contributed by atoms with Crippen molar-refractivity contribution in [3.8, 4) is 11.5 Å². The minimum absolute atomic E-state index is 0.0871. The summed E-state index contributed by atoms with van der Waals surface area (Å²) >= 11 is 0. The number of nitrogens with zero attached hydrogens (tertiary/aromatic N) is 1. The zero-order chi connectivity index (χ0) is 16.2. The molecule has 1 heterocycles. The quantitative estimate of drug-likeness (QED) is 0.858. The molecule has 1 aliphatic carbocycles. The number of carbonyl (C=O) groups is 1. The van der Waals surface area contributed by atoms with Crippen LogP contribution in [0.4, 0.5) is 11.4 Å². The van der Waals surface area contributed by atoms with E-state index in [0.29, 0.717) is 23.1 Å². The first-order chi connectivity index (χ1) is 11.2. The van der Waals surface area contributed by atoms with E-state index in [1.807, 2.05) is 18.2 Å². The van der Waals surface area contributed by atoms with Crippen LogP contribution in [0.15, 0.2) is 36.7 Å². The van der Waals surface area contributed by atoms with Crippen molar-refractivity contribution < 1.29 is 14.3 Å². The van der Waals surface area contributed by atoms with Crippen LogP contribution in [-0.2, 0) is 0 Å². The monoisotopic (exact) mass is 313 g/mol. The van der Waals surface area contributed by atoms with Gasteiger partial charge in [0.25, 0.3) is 5.91 Å². The van der Waals surface area contributed by atoms with Gasteiger partial charge in [0.2, 0.25) is 0 Å². The Morgan fingerprint density at radius 3 is 2.57 bits per heavy atom. The van der Waals surface area contributed by atoms with Gasteiger partial charge in [-0.2, -0.15) is 0 Å². The number of amides is 1. The highest BCUT2D eigenvalue weighted by Gasteiger charge is 2.23. The van der Waals surface area contributed by atoms with E-state index in [0.717, 1.165) is 24.2 Å². The van der Waals surface area contributed by atoms with E-state index in [4.69, 9.17) is 9.47 Å². The lowest BCUT2D eigenvalue weighted by Gasteiger charge is -2.12. The fourth-order valence-electron chi connectivity index (χ4n) is 2.21. The van der Waals surface area contributed by atoms with Gasteiger partial charge in [-0.15, -0.1) is 0 Å². The Labute approximate surface area is 134 Å². The highest BCUT2D eigenvalue weighted by Crippen LogP contribution is 2.31. The van der Waals surface area contributed by atoms with Crippen molar-refractivity contribution in [1.29, 1.82) is 0 Å². The molecule has 3 rings (SSSR count). The van der Waals surface area contributed by atoms with Gasteiger partial charge in [0.1, 0.15) is 0 Å². The largest absolute Gasteiger partial charge is 0.493 e. The molecule has 2 aromatic rings. The van der Waals surface area contributed by atoms with E-state index in [9.17, 15) is 4.79 Å². The van der Waals surface area contributed by atoms with Crippen LogP contribution in [0, 0.1) is 0 Å². The zero-order valence-corrected chi connectivity index (χ0v) is 13.1. The van der Waals surface area contributed by atoms with Gasteiger partial charge in [-0.3, -0.25) is 9.78 Å². The van der Waals surface area contributed by atoms with E-state index in [1.165, 1.54) is 0 Å². The first-order valence-corrected chi connectivity index (χ1v) is 7.44. The summed E-state index contributed by atoms with van der Waals surface area (Å²) in [6.45, 7) is 0. The minimum atomic E-state index is -0.0871. The molecule has 0 spiro atoms. The van der Waals surface area contributed by atoms with Crippen LogP contribution in [-0.4, -0.2) is 31.2 Å². The normalized spacial score (nSPS) is 13.3. The van der Waals surface area contributed by atoms with E-state index in [1.54, 1.807) is 32.7 Å². The molecule has 0 aliphatic heterocycles. The van der Waals surface area contributed by atoms with Crippen molar-refractivity contribution in [3.63, 3.8) is 0 Å². The van der Waals surface area contributed by atoms with Crippen molar-refractivity contribution in [2.75, 3.05) is 19.5 Å². The summed E-state index contributed by atoms with van der Waals surface area (Å²) < 4.78 is 10.5. The maximum absolute atomic E-state index is 12.1. The van der Waals surface area contributed by atoms with Crippen molar-refractivity contribution in [2.24, 2.45) is 0 Å². The Morgan fingerprint density at radius 1 is 1.09 bits per heavy atom. The predicted molar refractivity (Wildman–Crippen MR) is 87.6 cm³/mol. The zero-order valence-electron chi connectivity index (χ0n) is 13.1. The third kappa shape index (κ3) is 3.71. The number of rotatable bonds is 6. The molecule has 120 valence electrons. The molecular formula is C17H19N3O3. The van der Waals surface area contributed by atoms with Gasteiger partial charge in [-0.25, -0.2) is 0 Å². The molecule has 2 N–H and O–H groups in total. The molecule has 0 bridgehead atoms. The summed E-state index contributed by atoms with van der Waals surface area (Å²) in [7, 11) is 3.18. The Balaban J connectivity index is 1.75. The summed E-state index contributed by atoms with van der Waals surface area (Å²) in [4.78, 5) is 16.2. The number of methoxy groups -OCH3 is 2. The van der Waals surface area contributed by atoms with E-state index >= 15 is 0 Å².